The van der Waals surface area contributed by atoms with E-state index in [0.717, 1.165) is 0 Å². The average molecular weight is 270 g/mol. The van der Waals surface area contributed by atoms with Gasteiger partial charge in [0, 0.05) is 0 Å². The summed E-state index contributed by atoms with van der Waals surface area (Å²) in [5.41, 5.74) is -0.536. The maximum absolute atomic E-state index is 12.6. The van der Waals surface area contributed by atoms with Crippen molar-refractivity contribution >= 4 is 6.09 Å². The first-order chi connectivity index (χ1) is 8.76. The van der Waals surface area contributed by atoms with Crippen molar-refractivity contribution in [1.29, 1.82) is 0 Å². The Hall–Kier alpha value is -1.85. The predicted octanol–water partition coefficient (Wildman–Crippen LogP) is 2.51. The van der Waals surface area contributed by atoms with Gasteiger partial charge in [-0.05, 0) is 39.8 Å². The van der Waals surface area contributed by atoms with Crippen molar-refractivity contribution in [2.75, 3.05) is 6.61 Å². The van der Waals surface area contributed by atoms with Gasteiger partial charge in [0.25, 0.3) is 0 Å². The number of amides is 1. The molecule has 0 aliphatic heterocycles. The summed E-state index contributed by atoms with van der Waals surface area (Å²) in [6.07, 6.45) is 0.788. The van der Waals surface area contributed by atoms with E-state index in [-0.39, 0.29) is 12.6 Å². The molecule has 1 heterocycles. The van der Waals surface area contributed by atoms with Crippen LogP contribution in [-0.2, 0) is 4.74 Å². The first-order valence-corrected chi connectivity index (χ1v) is 6.00. The highest BCUT2D eigenvalue weighted by Gasteiger charge is 2.17. The number of hydrogen-bond acceptors (Lipinski definition) is 4. The molecule has 0 fully saturated rings. The number of pyridine rings is 1. The molecule has 0 saturated heterocycles. The summed E-state index contributed by atoms with van der Waals surface area (Å²) in [6, 6.07) is 2.45. The lowest BCUT2D eigenvalue weighted by Crippen LogP contribution is -2.40. The van der Waals surface area contributed by atoms with E-state index >= 15 is 0 Å². The Morgan fingerprint density at radius 1 is 1.47 bits per heavy atom. The fourth-order valence-electron chi connectivity index (χ4n) is 1.22. The normalized spacial score (nSPS) is 12.7. The second kappa shape index (κ2) is 6.36. The van der Waals surface area contributed by atoms with Crippen LogP contribution in [0.3, 0.4) is 0 Å². The number of hydrogen-bond donors (Lipinski definition) is 1. The van der Waals surface area contributed by atoms with Crippen molar-refractivity contribution in [3.8, 4) is 5.75 Å². The highest BCUT2D eigenvalue weighted by atomic mass is 19.1. The Labute approximate surface area is 112 Å². The summed E-state index contributed by atoms with van der Waals surface area (Å²) in [7, 11) is 0. The van der Waals surface area contributed by atoms with Gasteiger partial charge in [-0.2, -0.15) is 4.39 Å². The van der Waals surface area contributed by atoms with Crippen molar-refractivity contribution in [3.05, 3.63) is 24.3 Å². The molecule has 6 heteroatoms. The van der Waals surface area contributed by atoms with Crippen LogP contribution in [0.15, 0.2) is 18.3 Å². The molecule has 0 saturated carbocycles. The molecule has 0 bridgehead atoms. The molecule has 5 nitrogen and oxygen atoms in total. The molecule has 0 aliphatic rings. The number of ether oxygens (including phenoxy) is 2. The quantitative estimate of drug-likeness (QED) is 0.854. The molecule has 1 N–H and O–H groups in total. The molecule has 1 amide bonds. The summed E-state index contributed by atoms with van der Waals surface area (Å²) in [6.45, 7) is 7.39. The van der Waals surface area contributed by atoms with Crippen molar-refractivity contribution in [3.63, 3.8) is 0 Å². The van der Waals surface area contributed by atoms with Crippen LogP contribution >= 0.6 is 0 Å². The molecule has 0 aliphatic carbocycles. The van der Waals surface area contributed by atoms with Gasteiger partial charge in [-0.15, -0.1) is 0 Å². The van der Waals surface area contributed by atoms with Crippen molar-refractivity contribution in [2.45, 2.75) is 39.3 Å². The lowest BCUT2D eigenvalue weighted by molar-refractivity contribution is 0.0494. The number of nitrogens with zero attached hydrogens (tertiary/aromatic N) is 1. The van der Waals surface area contributed by atoms with Crippen molar-refractivity contribution < 1.29 is 18.7 Å². The van der Waals surface area contributed by atoms with Gasteiger partial charge in [-0.25, -0.2) is 9.78 Å². The highest BCUT2D eigenvalue weighted by molar-refractivity contribution is 5.68. The third-order valence-corrected chi connectivity index (χ3v) is 1.96. The summed E-state index contributed by atoms with van der Waals surface area (Å²) in [4.78, 5) is 14.9. The minimum absolute atomic E-state index is 0.236. The van der Waals surface area contributed by atoms with E-state index in [1.54, 1.807) is 27.7 Å². The van der Waals surface area contributed by atoms with Crippen molar-refractivity contribution in [2.24, 2.45) is 0 Å². The zero-order valence-electron chi connectivity index (χ0n) is 11.6. The van der Waals surface area contributed by atoms with E-state index in [9.17, 15) is 9.18 Å². The molecule has 0 radical (unpaired) electrons. The number of carbonyl (C=O) groups is 1. The van der Waals surface area contributed by atoms with Crippen LogP contribution in [0.5, 0.6) is 5.75 Å². The van der Waals surface area contributed by atoms with Gasteiger partial charge < -0.3 is 14.8 Å². The van der Waals surface area contributed by atoms with E-state index in [4.69, 9.17) is 9.47 Å². The minimum Gasteiger partial charge on any atom is -0.490 e. The summed E-state index contributed by atoms with van der Waals surface area (Å²) in [5.74, 6) is -0.119. The van der Waals surface area contributed by atoms with Gasteiger partial charge in [-0.3, -0.25) is 0 Å². The summed E-state index contributed by atoms with van der Waals surface area (Å²) >= 11 is 0. The SMILES string of the molecule is C[C@@H](COc1ccc(F)nc1)NC(=O)OC(C)(C)C. The number of alkyl carbamates (subject to hydrolysis) is 1. The lowest BCUT2D eigenvalue weighted by atomic mass is 10.2. The van der Waals surface area contributed by atoms with Crippen LogP contribution in [0.4, 0.5) is 9.18 Å². The monoisotopic (exact) mass is 270 g/mol. The molecule has 106 valence electrons. The van der Waals surface area contributed by atoms with Crippen LogP contribution in [0.25, 0.3) is 0 Å². The molecule has 0 aromatic carbocycles. The molecular weight excluding hydrogens is 251 g/mol. The third kappa shape index (κ3) is 6.59. The zero-order valence-corrected chi connectivity index (χ0v) is 11.6. The van der Waals surface area contributed by atoms with Crippen molar-refractivity contribution in [1.82, 2.24) is 10.3 Å². The number of carbonyl (C=O) groups excluding carboxylic acids is 1. The molecule has 1 atom stereocenters. The zero-order chi connectivity index (χ0) is 14.5. The highest BCUT2D eigenvalue weighted by Crippen LogP contribution is 2.09. The van der Waals surface area contributed by atoms with Crippen LogP contribution in [0.2, 0.25) is 0 Å². The van der Waals surface area contributed by atoms with Crippen LogP contribution in [-0.4, -0.2) is 29.3 Å². The fraction of sp³-hybridized carbons (Fsp3) is 0.538. The molecule has 0 spiro atoms. The van der Waals surface area contributed by atoms with Gasteiger partial charge >= 0.3 is 6.09 Å². The average Bonchev–Trinajstić information content (AvgIpc) is 2.25. The topological polar surface area (TPSA) is 60.5 Å². The largest absolute Gasteiger partial charge is 0.490 e. The Balaban J connectivity index is 2.33. The van der Waals surface area contributed by atoms with Crippen LogP contribution in [0.1, 0.15) is 27.7 Å². The van der Waals surface area contributed by atoms with Gasteiger partial charge in [0.2, 0.25) is 5.95 Å². The third-order valence-electron chi connectivity index (χ3n) is 1.96. The number of halogens is 1. The molecule has 1 aromatic heterocycles. The van der Waals surface area contributed by atoms with Gasteiger partial charge in [0.1, 0.15) is 18.0 Å². The van der Waals surface area contributed by atoms with E-state index in [0.29, 0.717) is 5.75 Å². The van der Waals surface area contributed by atoms with E-state index in [1.165, 1.54) is 18.3 Å². The first-order valence-electron chi connectivity index (χ1n) is 6.00. The molecule has 19 heavy (non-hydrogen) atoms. The van der Waals surface area contributed by atoms with Gasteiger partial charge in [0.15, 0.2) is 0 Å². The summed E-state index contributed by atoms with van der Waals surface area (Å²) < 4.78 is 23.0. The fourth-order valence-corrected chi connectivity index (χ4v) is 1.22. The molecule has 1 aromatic rings. The van der Waals surface area contributed by atoms with E-state index < -0.39 is 17.6 Å². The molecular formula is C13H19FN2O3. The van der Waals surface area contributed by atoms with E-state index in [2.05, 4.69) is 10.3 Å². The van der Waals surface area contributed by atoms with Gasteiger partial charge in [-0.1, -0.05) is 0 Å². The maximum atomic E-state index is 12.6. The summed E-state index contributed by atoms with van der Waals surface area (Å²) in [5, 5.41) is 2.64. The standard InChI is InChI=1S/C13H19FN2O3/c1-9(16-12(17)19-13(2,3)4)8-18-10-5-6-11(14)15-7-10/h5-7,9H,8H2,1-4H3,(H,16,17)/t9-/m0/s1. The van der Waals surface area contributed by atoms with Gasteiger partial charge in [0.05, 0.1) is 12.2 Å². The second-order valence-corrected chi connectivity index (χ2v) is 5.17. The molecule has 0 unspecified atom stereocenters. The van der Waals surface area contributed by atoms with Crippen LogP contribution < -0.4 is 10.1 Å². The number of rotatable bonds is 4. The first kappa shape index (κ1) is 15.2. The lowest BCUT2D eigenvalue weighted by Gasteiger charge is -2.22. The molecule has 1 rings (SSSR count). The predicted molar refractivity (Wildman–Crippen MR) is 68.5 cm³/mol. The van der Waals surface area contributed by atoms with Crippen LogP contribution in [0, 0.1) is 5.95 Å². The smallest absolute Gasteiger partial charge is 0.407 e. The Kier molecular flexibility index (Phi) is 5.09. The minimum atomic E-state index is -0.563. The Bertz CT molecular complexity index is 415. The van der Waals surface area contributed by atoms with E-state index in [1.807, 2.05) is 0 Å². The maximum Gasteiger partial charge on any atom is 0.407 e. The second-order valence-electron chi connectivity index (χ2n) is 5.17. The Morgan fingerprint density at radius 3 is 2.68 bits per heavy atom. The number of aromatic nitrogens is 1. The number of nitrogens with one attached hydrogen (secondary N) is 1. The Morgan fingerprint density at radius 2 is 2.16 bits per heavy atom.